The fraction of sp³-hybridized carbons (Fsp3) is 0.250. The molecule has 2 aromatic heterocycles. The van der Waals surface area contributed by atoms with Crippen molar-refractivity contribution in [2.75, 3.05) is 11.1 Å². The van der Waals surface area contributed by atoms with E-state index in [-0.39, 0.29) is 11.7 Å². The zero-order valence-electron chi connectivity index (χ0n) is 18.4. The van der Waals surface area contributed by atoms with Gasteiger partial charge in [0.25, 0.3) is 5.78 Å². The van der Waals surface area contributed by atoms with Gasteiger partial charge in [0.15, 0.2) is 0 Å². The number of thioether (sulfide) groups is 1. The highest BCUT2D eigenvalue weighted by Crippen LogP contribution is 2.24. The zero-order chi connectivity index (χ0) is 22.8. The van der Waals surface area contributed by atoms with Gasteiger partial charge in [-0.2, -0.15) is 4.98 Å². The fourth-order valence-electron chi connectivity index (χ4n) is 3.49. The van der Waals surface area contributed by atoms with Crippen molar-refractivity contribution in [3.05, 3.63) is 81.1 Å². The van der Waals surface area contributed by atoms with Crippen LogP contribution in [0.15, 0.2) is 47.6 Å². The molecule has 0 bridgehead atoms. The molecule has 0 aliphatic rings. The monoisotopic (exact) mass is 465 g/mol. The molecule has 4 rings (SSSR count). The Morgan fingerprint density at radius 3 is 2.59 bits per heavy atom. The van der Waals surface area contributed by atoms with E-state index in [9.17, 15) is 4.79 Å². The number of amides is 1. The minimum atomic E-state index is -0.0996. The number of benzene rings is 2. The minimum Gasteiger partial charge on any atom is -0.325 e. The number of aryl methyl sites for hydroxylation is 4. The van der Waals surface area contributed by atoms with Gasteiger partial charge in [-0.3, -0.25) is 4.79 Å². The molecule has 8 heteroatoms. The Morgan fingerprint density at radius 1 is 1.06 bits per heavy atom. The molecule has 0 aliphatic heterocycles. The van der Waals surface area contributed by atoms with Crippen molar-refractivity contribution >= 4 is 40.7 Å². The van der Waals surface area contributed by atoms with Crippen LogP contribution in [-0.4, -0.2) is 31.2 Å². The van der Waals surface area contributed by atoms with Gasteiger partial charge in [0, 0.05) is 28.5 Å². The average Bonchev–Trinajstić information content (AvgIpc) is 3.16. The number of hydrogen-bond donors (Lipinski definition) is 1. The predicted octanol–water partition coefficient (Wildman–Crippen LogP) is 5.33. The zero-order valence-corrected chi connectivity index (χ0v) is 20.0. The summed E-state index contributed by atoms with van der Waals surface area (Å²) in [5.74, 6) is 0.645. The van der Waals surface area contributed by atoms with Crippen LogP contribution in [-0.2, 0) is 11.2 Å². The van der Waals surface area contributed by atoms with Crippen molar-refractivity contribution in [2.24, 2.45) is 0 Å². The van der Waals surface area contributed by atoms with Crippen molar-refractivity contribution in [3.8, 4) is 0 Å². The highest BCUT2D eigenvalue weighted by atomic mass is 35.5. The van der Waals surface area contributed by atoms with Crippen molar-refractivity contribution in [2.45, 2.75) is 39.3 Å². The van der Waals surface area contributed by atoms with Gasteiger partial charge < -0.3 is 5.32 Å². The van der Waals surface area contributed by atoms with E-state index in [1.54, 1.807) is 4.52 Å². The lowest BCUT2D eigenvalue weighted by molar-refractivity contribution is -0.113. The lowest BCUT2D eigenvalue weighted by Crippen LogP contribution is -2.14. The summed E-state index contributed by atoms with van der Waals surface area (Å²) in [6, 6.07) is 13.7. The number of anilines is 1. The molecule has 2 heterocycles. The maximum atomic E-state index is 12.4. The lowest BCUT2D eigenvalue weighted by Gasteiger charge is -2.11. The number of nitrogens with one attached hydrogen (secondary N) is 1. The van der Waals surface area contributed by atoms with Crippen LogP contribution in [0.3, 0.4) is 0 Å². The molecular weight excluding hydrogens is 442 g/mol. The Hall–Kier alpha value is -2.90. The van der Waals surface area contributed by atoms with Crippen molar-refractivity contribution in [1.29, 1.82) is 0 Å². The second-order valence-electron chi connectivity index (χ2n) is 7.77. The summed E-state index contributed by atoms with van der Waals surface area (Å²) >= 11 is 7.64. The summed E-state index contributed by atoms with van der Waals surface area (Å²) in [7, 11) is 0. The number of nitrogens with zero attached hydrogens (tertiary/aromatic N) is 4. The first-order valence-corrected chi connectivity index (χ1v) is 11.6. The highest BCUT2D eigenvalue weighted by molar-refractivity contribution is 7.99. The number of hydrogen-bond acceptors (Lipinski definition) is 5. The van der Waals surface area contributed by atoms with E-state index < -0.39 is 0 Å². The average molecular weight is 466 g/mol. The normalized spacial score (nSPS) is 11.2. The third kappa shape index (κ3) is 4.79. The maximum absolute atomic E-state index is 12.4. The molecule has 0 atom stereocenters. The molecule has 2 aromatic carbocycles. The number of halogens is 1. The SMILES string of the molecule is Cc1ccc(NC(=O)CSc2nc3nc(C)c(Cc4ccccc4Cl)c(C)n3n2)cc1C. The smallest absolute Gasteiger partial charge is 0.253 e. The number of carbonyl (C=O) groups is 1. The molecule has 6 nitrogen and oxygen atoms in total. The Labute approximate surface area is 196 Å². The second-order valence-corrected chi connectivity index (χ2v) is 9.12. The number of aromatic nitrogens is 4. The largest absolute Gasteiger partial charge is 0.325 e. The van der Waals surface area contributed by atoms with Crippen LogP contribution < -0.4 is 5.32 Å². The van der Waals surface area contributed by atoms with Gasteiger partial charge in [0.2, 0.25) is 11.1 Å². The van der Waals surface area contributed by atoms with E-state index in [0.29, 0.717) is 17.4 Å². The Balaban J connectivity index is 1.49. The van der Waals surface area contributed by atoms with Crippen LogP contribution in [0.1, 0.15) is 33.6 Å². The van der Waals surface area contributed by atoms with Gasteiger partial charge in [-0.15, -0.1) is 5.10 Å². The summed E-state index contributed by atoms with van der Waals surface area (Å²) in [6.45, 7) is 8.04. The minimum absolute atomic E-state index is 0.0996. The molecule has 0 fully saturated rings. The van der Waals surface area contributed by atoms with Gasteiger partial charge in [0.1, 0.15) is 0 Å². The van der Waals surface area contributed by atoms with E-state index in [1.807, 2.05) is 70.2 Å². The van der Waals surface area contributed by atoms with Gasteiger partial charge in [-0.25, -0.2) is 9.50 Å². The van der Waals surface area contributed by atoms with Gasteiger partial charge in [0.05, 0.1) is 5.75 Å². The summed E-state index contributed by atoms with van der Waals surface area (Å²) in [5.41, 5.74) is 7.09. The third-order valence-corrected chi connectivity index (χ3v) is 6.68. The Kier molecular flexibility index (Phi) is 6.48. The molecular formula is C24H24ClN5OS. The van der Waals surface area contributed by atoms with E-state index in [2.05, 4.69) is 20.4 Å². The summed E-state index contributed by atoms with van der Waals surface area (Å²) < 4.78 is 1.74. The Bertz CT molecular complexity index is 1320. The number of rotatable bonds is 6. The van der Waals surface area contributed by atoms with Gasteiger partial charge >= 0.3 is 0 Å². The second kappa shape index (κ2) is 9.30. The van der Waals surface area contributed by atoms with E-state index in [4.69, 9.17) is 11.6 Å². The van der Waals surface area contributed by atoms with Crippen molar-refractivity contribution < 1.29 is 4.79 Å². The van der Waals surface area contributed by atoms with Crippen LogP contribution in [0.25, 0.3) is 5.78 Å². The predicted molar refractivity (Wildman–Crippen MR) is 130 cm³/mol. The number of carbonyl (C=O) groups excluding carboxylic acids is 1. The van der Waals surface area contributed by atoms with Gasteiger partial charge in [-0.1, -0.05) is 47.6 Å². The molecule has 0 saturated carbocycles. The first-order valence-electron chi connectivity index (χ1n) is 10.3. The summed E-state index contributed by atoms with van der Waals surface area (Å²) in [5, 5.41) is 8.75. The first kappa shape index (κ1) is 22.3. The highest BCUT2D eigenvalue weighted by Gasteiger charge is 2.16. The van der Waals surface area contributed by atoms with Gasteiger partial charge in [-0.05, 0) is 68.1 Å². The molecule has 0 aliphatic carbocycles. The molecule has 164 valence electrons. The standard InChI is InChI=1S/C24H24ClN5OS/c1-14-9-10-19(11-15(14)2)27-22(31)13-32-24-28-23-26-16(3)20(17(4)30(23)29-24)12-18-7-5-6-8-21(18)25/h5-11H,12-13H2,1-4H3,(H,27,31). The van der Waals surface area contributed by atoms with Crippen LogP contribution in [0.2, 0.25) is 5.02 Å². The van der Waals surface area contributed by atoms with Crippen LogP contribution in [0.5, 0.6) is 0 Å². The third-order valence-electron chi connectivity index (χ3n) is 5.48. The van der Waals surface area contributed by atoms with E-state index in [0.717, 1.165) is 38.8 Å². The van der Waals surface area contributed by atoms with Crippen molar-refractivity contribution in [3.63, 3.8) is 0 Å². The molecule has 1 amide bonds. The molecule has 0 unspecified atom stereocenters. The fourth-order valence-corrected chi connectivity index (χ4v) is 4.31. The molecule has 0 saturated heterocycles. The molecule has 0 spiro atoms. The molecule has 1 N–H and O–H groups in total. The van der Waals surface area contributed by atoms with Crippen LogP contribution in [0, 0.1) is 27.7 Å². The quantitative estimate of drug-likeness (QED) is 0.389. The van der Waals surface area contributed by atoms with E-state index in [1.165, 1.54) is 17.3 Å². The molecule has 32 heavy (non-hydrogen) atoms. The maximum Gasteiger partial charge on any atom is 0.253 e. The molecule has 4 aromatic rings. The van der Waals surface area contributed by atoms with Crippen LogP contribution >= 0.6 is 23.4 Å². The first-order chi connectivity index (χ1) is 15.3. The topological polar surface area (TPSA) is 72.2 Å². The molecule has 0 radical (unpaired) electrons. The van der Waals surface area contributed by atoms with Crippen LogP contribution in [0.4, 0.5) is 5.69 Å². The summed E-state index contributed by atoms with van der Waals surface area (Å²) in [4.78, 5) is 21.5. The van der Waals surface area contributed by atoms with E-state index >= 15 is 0 Å². The van der Waals surface area contributed by atoms with Crippen molar-refractivity contribution in [1.82, 2.24) is 19.6 Å². The summed E-state index contributed by atoms with van der Waals surface area (Å²) in [6.07, 6.45) is 0.668. The Morgan fingerprint density at radius 2 is 1.84 bits per heavy atom. The number of fused-ring (bicyclic) bond motifs is 1. The lowest BCUT2D eigenvalue weighted by atomic mass is 10.0.